The molecule has 1 aliphatic heterocycles. The van der Waals surface area contributed by atoms with E-state index in [9.17, 15) is 9.59 Å². The molecule has 1 saturated heterocycles. The molecule has 0 radical (unpaired) electrons. The number of hydrogen-bond acceptors (Lipinski definition) is 5. The van der Waals surface area contributed by atoms with Crippen molar-refractivity contribution >= 4 is 46.2 Å². The van der Waals surface area contributed by atoms with Crippen molar-refractivity contribution in [1.29, 1.82) is 0 Å². The maximum atomic E-state index is 12.8. The quantitative estimate of drug-likeness (QED) is 0.506. The highest BCUT2D eigenvalue weighted by molar-refractivity contribution is 7.12. The average molecular weight is 416 g/mol. The second kappa shape index (κ2) is 9.05. The summed E-state index contributed by atoms with van der Waals surface area (Å²) in [5, 5.41) is 3.91. The maximum absolute atomic E-state index is 12.8. The zero-order valence-corrected chi connectivity index (χ0v) is 17.5. The minimum atomic E-state index is -0.429. The predicted molar refractivity (Wildman–Crippen MR) is 114 cm³/mol. The van der Waals surface area contributed by atoms with Crippen LogP contribution in [0.2, 0.25) is 0 Å². The monoisotopic (exact) mass is 415 g/mol. The molecular formula is C22H25NO3S2. The lowest BCUT2D eigenvalue weighted by molar-refractivity contribution is -0.151. The molecule has 1 saturated carbocycles. The maximum Gasteiger partial charge on any atom is 0.340 e. The Morgan fingerprint density at radius 3 is 2.64 bits per heavy atom. The molecule has 2 fully saturated rings. The molecule has 6 heteroatoms. The van der Waals surface area contributed by atoms with Gasteiger partial charge in [-0.1, -0.05) is 25.0 Å². The second-order valence-corrected chi connectivity index (χ2v) is 9.40. The van der Waals surface area contributed by atoms with Crippen molar-refractivity contribution < 1.29 is 14.3 Å². The number of rotatable bonds is 5. The number of piperidine rings is 1. The highest BCUT2D eigenvalue weighted by Gasteiger charge is 2.35. The van der Waals surface area contributed by atoms with Crippen molar-refractivity contribution in [2.45, 2.75) is 44.6 Å². The Morgan fingerprint density at radius 1 is 1.07 bits per heavy atom. The van der Waals surface area contributed by atoms with Gasteiger partial charge in [0.05, 0.1) is 5.57 Å². The van der Waals surface area contributed by atoms with Crippen molar-refractivity contribution in [3.63, 3.8) is 0 Å². The molecule has 1 amide bonds. The van der Waals surface area contributed by atoms with E-state index in [1.54, 1.807) is 11.3 Å². The van der Waals surface area contributed by atoms with Gasteiger partial charge in [-0.15, -0.1) is 22.7 Å². The Bertz CT molecular complexity index is 824. The van der Waals surface area contributed by atoms with Gasteiger partial charge < -0.3 is 9.64 Å². The van der Waals surface area contributed by atoms with E-state index in [1.165, 1.54) is 37.0 Å². The summed E-state index contributed by atoms with van der Waals surface area (Å²) in [6.07, 6.45) is 8.90. The van der Waals surface area contributed by atoms with Crippen LogP contribution in [-0.2, 0) is 14.3 Å². The smallest absolute Gasteiger partial charge is 0.340 e. The molecule has 0 spiro atoms. The van der Waals surface area contributed by atoms with Gasteiger partial charge >= 0.3 is 5.97 Å². The number of amides is 1. The molecule has 28 heavy (non-hydrogen) atoms. The molecule has 0 unspecified atom stereocenters. The Kier molecular flexibility index (Phi) is 6.27. The number of hydrogen-bond donors (Lipinski definition) is 0. The lowest BCUT2D eigenvalue weighted by atomic mass is 9.78. The van der Waals surface area contributed by atoms with Gasteiger partial charge in [0.1, 0.15) is 0 Å². The van der Waals surface area contributed by atoms with Crippen LogP contribution in [0.3, 0.4) is 0 Å². The summed E-state index contributed by atoms with van der Waals surface area (Å²) in [6.45, 7) is 0.621. The highest BCUT2D eigenvalue weighted by Crippen LogP contribution is 2.35. The molecule has 2 aromatic heterocycles. The molecule has 0 N–H and O–H groups in total. The van der Waals surface area contributed by atoms with Gasteiger partial charge in [-0.2, -0.15) is 0 Å². The zero-order chi connectivity index (χ0) is 19.3. The van der Waals surface area contributed by atoms with E-state index in [-0.39, 0.29) is 12.5 Å². The van der Waals surface area contributed by atoms with Gasteiger partial charge in [-0.3, -0.25) is 4.79 Å². The third kappa shape index (κ3) is 4.39. The number of likely N-dealkylation sites (tertiary alicyclic amines) is 1. The van der Waals surface area contributed by atoms with E-state index in [0.29, 0.717) is 17.5 Å². The lowest BCUT2D eigenvalue weighted by Crippen LogP contribution is -2.50. The minimum Gasteiger partial charge on any atom is -0.452 e. The van der Waals surface area contributed by atoms with Crippen LogP contribution in [0.1, 0.15) is 48.3 Å². The van der Waals surface area contributed by atoms with Crippen molar-refractivity contribution in [2.24, 2.45) is 5.92 Å². The SMILES string of the molecule is O=C(OCC(=O)N1CCC[C@@H]2CCCC[C@@H]21)/C(=C/c1cccs1)c1cccs1. The highest BCUT2D eigenvalue weighted by atomic mass is 32.1. The van der Waals surface area contributed by atoms with Crippen LogP contribution >= 0.6 is 22.7 Å². The summed E-state index contributed by atoms with van der Waals surface area (Å²) in [7, 11) is 0. The number of ether oxygens (including phenoxy) is 1. The van der Waals surface area contributed by atoms with Crippen LogP contribution in [0, 0.1) is 5.92 Å². The number of carbonyl (C=O) groups is 2. The van der Waals surface area contributed by atoms with E-state index < -0.39 is 5.97 Å². The zero-order valence-electron chi connectivity index (χ0n) is 15.8. The van der Waals surface area contributed by atoms with Crippen LogP contribution in [0.4, 0.5) is 0 Å². The van der Waals surface area contributed by atoms with Gasteiger partial charge in [0.2, 0.25) is 0 Å². The van der Waals surface area contributed by atoms with Gasteiger partial charge in [0.25, 0.3) is 5.91 Å². The first kappa shape index (κ1) is 19.4. The normalized spacial score (nSPS) is 22.6. The van der Waals surface area contributed by atoms with Crippen LogP contribution in [0.25, 0.3) is 11.6 Å². The summed E-state index contributed by atoms with van der Waals surface area (Å²) in [6, 6.07) is 8.08. The van der Waals surface area contributed by atoms with Gasteiger partial charge in [0.15, 0.2) is 6.61 Å². The molecule has 1 aliphatic carbocycles. The predicted octanol–water partition coefficient (Wildman–Crippen LogP) is 5.07. The standard InChI is InChI=1S/C22H25NO3S2/c24-21(23-11-3-7-16-6-1-2-9-19(16)23)15-26-22(25)18(20-10-5-13-28-20)14-17-8-4-12-27-17/h4-5,8,10,12-14,16,19H,1-3,6-7,9,11,15H2/b18-14+/t16-,19-/m0/s1. The van der Waals surface area contributed by atoms with Crippen LogP contribution in [-0.4, -0.2) is 36.0 Å². The van der Waals surface area contributed by atoms with Crippen molar-refractivity contribution in [2.75, 3.05) is 13.2 Å². The fourth-order valence-corrected chi connectivity index (χ4v) is 5.79. The largest absolute Gasteiger partial charge is 0.452 e. The average Bonchev–Trinajstić information content (AvgIpc) is 3.43. The lowest BCUT2D eigenvalue weighted by Gasteiger charge is -2.44. The Balaban J connectivity index is 1.42. The molecule has 2 atom stereocenters. The topological polar surface area (TPSA) is 46.6 Å². The van der Waals surface area contributed by atoms with E-state index >= 15 is 0 Å². The molecule has 2 aliphatic rings. The molecule has 2 aromatic rings. The number of fused-ring (bicyclic) bond motifs is 1. The summed E-state index contributed by atoms with van der Waals surface area (Å²) < 4.78 is 5.48. The summed E-state index contributed by atoms with van der Waals surface area (Å²) in [5.74, 6) is 0.149. The van der Waals surface area contributed by atoms with Crippen molar-refractivity contribution in [1.82, 2.24) is 4.90 Å². The first-order valence-corrected chi connectivity index (χ1v) is 11.7. The van der Waals surface area contributed by atoms with Gasteiger partial charge in [-0.05, 0) is 60.6 Å². The second-order valence-electron chi connectivity index (χ2n) is 7.47. The van der Waals surface area contributed by atoms with Gasteiger partial charge in [-0.25, -0.2) is 4.79 Å². The van der Waals surface area contributed by atoms with Crippen LogP contribution in [0.15, 0.2) is 35.0 Å². The molecule has 3 heterocycles. The van der Waals surface area contributed by atoms with E-state index in [2.05, 4.69) is 0 Å². The molecule has 4 nitrogen and oxygen atoms in total. The molecule has 0 aromatic carbocycles. The first-order chi connectivity index (χ1) is 13.7. The third-order valence-electron chi connectivity index (χ3n) is 5.73. The van der Waals surface area contributed by atoms with E-state index in [1.807, 2.05) is 46.0 Å². The molecule has 148 valence electrons. The Labute approximate surface area is 173 Å². The number of thiophene rings is 2. The Morgan fingerprint density at radius 2 is 1.86 bits per heavy atom. The van der Waals surface area contributed by atoms with Crippen molar-refractivity contribution in [3.8, 4) is 0 Å². The summed E-state index contributed by atoms with van der Waals surface area (Å²) in [5.41, 5.74) is 0.513. The van der Waals surface area contributed by atoms with E-state index in [4.69, 9.17) is 4.74 Å². The Hall–Kier alpha value is -1.92. The van der Waals surface area contributed by atoms with Gasteiger partial charge in [0, 0.05) is 22.3 Å². The molecule has 0 bridgehead atoms. The van der Waals surface area contributed by atoms with Crippen LogP contribution < -0.4 is 0 Å². The summed E-state index contributed by atoms with van der Waals surface area (Å²) in [4.78, 5) is 29.4. The van der Waals surface area contributed by atoms with Crippen molar-refractivity contribution in [3.05, 3.63) is 44.8 Å². The third-order valence-corrected chi connectivity index (χ3v) is 7.45. The molecular weight excluding hydrogens is 390 g/mol. The van der Waals surface area contributed by atoms with Crippen LogP contribution in [0.5, 0.6) is 0 Å². The number of carbonyl (C=O) groups excluding carboxylic acids is 2. The number of esters is 1. The fraction of sp³-hybridized carbons (Fsp3) is 0.455. The first-order valence-electron chi connectivity index (χ1n) is 9.98. The minimum absolute atomic E-state index is 0.0494. The van der Waals surface area contributed by atoms with E-state index in [0.717, 1.165) is 29.1 Å². The summed E-state index contributed by atoms with van der Waals surface area (Å²) >= 11 is 3.07. The fourth-order valence-electron chi connectivity index (χ4n) is 4.40. The number of nitrogens with zero attached hydrogens (tertiary/aromatic N) is 1. The molecule has 4 rings (SSSR count).